The summed E-state index contributed by atoms with van der Waals surface area (Å²) in [6.45, 7) is 1.27. The van der Waals surface area contributed by atoms with Gasteiger partial charge in [-0.1, -0.05) is 29.8 Å². The summed E-state index contributed by atoms with van der Waals surface area (Å²) in [6.07, 6.45) is 1.71. The van der Waals surface area contributed by atoms with Crippen LogP contribution in [0.4, 0.5) is 0 Å². The van der Waals surface area contributed by atoms with Gasteiger partial charge in [0.2, 0.25) is 5.91 Å². The van der Waals surface area contributed by atoms with Crippen LogP contribution in [0.3, 0.4) is 0 Å². The van der Waals surface area contributed by atoms with E-state index in [0.29, 0.717) is 30.5 Å². The van der Waals surface area contributed by atoms with Crippen molar-refractivity contribution in [2.24, 2.45) is 11.1 Å². The molecule has 7 heteroatoms. The summed E-state index contributed by atoms with van der Waals surface area (Å²) in [6, 6.07) is 16.3. The number of amides is 2. The summed E-state index contributed by atoms with van der Waals surface area (Å²) in [5, 5.41) is 0.606. The van der Waals surface area contributed by atoms with Crippen molar-refractivity contribution >= 4 is 23.4 Å². The van der Waals surface area contributed by atoms with E-state index >= 15 is 0 Å². The van der Waals surface area contributed by atoms with Crippen LogP contribution in [0, 0.1) is 5.41 Å². The molecule has 2 N–H and O–H groups in total. The average molecular weight is 417 g/mol. The van der Waals surface area contributed by atoms with E-state index in [9.17, 15) is 9.59 Å². The average Bonchev–Trinajstić information content (AvgIpc) is 2.72. The Labute approximate surface area is 175 Å². The van der Waals surface area contributed by atoms with Crippen LogP contribution < -0.4 is 15.2 Å². The Balaban J connectivity index is 1.62. The predicted octanol–water partition coefficient (Wildman–Crippen LogP) is 3.28. The Morgan fingerprint density at radius 2 is 1.72 bits per heavy atom. The van der Waals surface area contributed by atoms with Crippen molar-refractivity contribution in [3.8, 4) is 11.5 Å². The SMILES string of the molecule is NC(=O)CC1(COc2ccccc2)CCCN(C(=O)COc2ccc(Cl)cc2)C1. The molecule has 2 aromatic carbocycles. The molecule has 1 fully saturated rings. The minimum absolute atomic E-state index is 0.0756. The number of likely N-dealkylation sites (tertiary alicyclic amines) is 1. The Morgan fingerprint density at radius 3 is 2.41 bits per heavy atom. The minimum Gasteiger partial charge on any atom is -0.493 e. The number of piperidine rings is 1. The van der Waals surface area contributed by atoms with E-state index in [-0.39, 0.29) is 18.9 Å². The lowest BCUT2D eigenvalue weighted by atomic mass is 9.77. The second kappa shape index (κ2) is 9.65. The van der Waals surface area contributed by atoms with E-state index in [1.54, 1.807) is 29.2 Å². The molecule has 1 aliphatic heterocycles. The van der Waals surface area contributed by atoms with Crippen LogP contribution in [-0.2, 0) is 9.59 Å². The van der Waals surface area contributed by atoms with Crippen molar-refractivity contribution in [2.45, 2.75) is 19.3 Å². The van der Waals surface area contributed by atoms with Crippen LogP contribution in [0.1, 0.15) is 19.3 Å². The summed E-state index contributed by atoms with van der Waals surface area (Å²) in [5.41, 5.74) is 5.01. The van der Waals surface area contributed by atoms with Gasteiger partial charge in [0.15, 0.2) is 6.61 Å². The van der Waals surface area contributed by atoms with E-state index in [4.69, 9.17) is 26.8 Å². The zero-order chi connectivity index (χ0) is 20.7. The Kier molecular flexibility index (Phi) is 6.99. The molecule has 0 spiro atoms. The van der Waals surface area contributed by atoms with Gasteiger partial charge in [-0.2, -0.15) is 0 Å². The fourth-order valence-corrected chi connectivity index (χ4v) is 3.75. The third-order valence-corrected chi connectivity index (χ3v) is 5.28. The molecule has 3 rings (SSSR count). The molecule has 2 amide bonds. The summed E-state index contributed by atoms with van der Waals surface area (Å²) in [4.78, 5) is 26.2. The number of carbonyl (C=O) groups excluding carboxylic acids is 2. The van der Waals surface area contributed by atoms with E-state index in [1.807, 2.05) is 30.3 Å². The third kappa shape index (κ3) is 6.12. The van der Waals surface area contributed by atoms with Gasteiger partial charge in [0.25, 0.3) is 5.91 Å². The number of nitrogens with zero attached hydrogens (tertiary/aromatic N) is 1. The van der Waals surface area contributed by atoms with Gasteiger partial charge in [0, 0.05) is 29.9 Å². The molecule has 0 radical (unpaired) electrons. The highest BCUT2D eigenvalue weighted by atomic mass is 35.5. The lowest BCUT2D eigenvalue weighted by molar-refractivity contribution is -0.139. The highest BCUT2D eigenvalue weighted by molar-refractivity contribution is 6.30. The van der Waals surface area contributed by atoms with E-state index in [1.165, 1.54) is 0 Å². The summed E-state index contributed by atoms with van der Waals surface area (Å²) < 4.78 is 11.5. The second-order valence-corrected chi connectivity index (χ2v) is 7.84. The summed E-state index contributed by atoms with van der Waals surface area (Å²) in [5.74, 6) is 0.781. The topological polar surface area (TPSA) is 81.9 Å². The smallest absolute Gasteiger partial charge is 0.260 e. The second-order valence-electron chi connectivity index (χ2n) is 7.41. The van der Waals surface area contributed by atoms with Crippen molar-refractivity contribution in [3.63, 3.8) is 0 Å². The molecular weight excluding hydrogens is 392 g/mol. The number of rotatable bonds is 8. The van der Waals surface area contributed by atoms with Crippen molar-refractivity contribution in [1.29, 1.82) is 0 Å². The van der Waals surface area contributed by atoms with Crippen molar-refractivity contribution in [2.75, 3.05) is 26.3 Å². The van der Waals surface area contributed by atoms with Gasteiger partial charge in [0.1, 0.15) is 11.5 Å². The fourth-order valence-electron chi connectivity index (χ4n) is 3.62. The maximum Gasteiger partial charge on any atom is 0.260 e. The van der Waals surface area contributed by atoms with Gasteiger partial charge >= 0.3 is 0 Å². The lowest BCUT2D eigenvalue weighted by Crippen LogP contribution is -2.51. The number of hydrogen-bond acceptors (Lipinski definition) is 4. The standard InChI is InChI=1S/C22H25ClN2O4/c23-17-7-9-19(10-8-17)28-14-21(27)25-12-4-11-22(15-25,13-20(24)26)16-29-18-5-2-1-3-6-18/h1-3,5-10H,4,11-16H2,(H2,24,26). The number of halogens is 1. The number of para-hydroxylation sites is 1. The van der Waals surface area contributed by atoms with Gasteiger partial charge in [0.05, 0.1) is 6.61 Å². The van der Waals surface area contributed by atoms with Crippen LogP contribution in [-0.4, -0.2) is 43.0 Å². The number of primary amides is 1. The maximum absolute atomic E-state index is 12.7. The normalized spacial score (nSPS) is 18.9. The van der Waals surface area contributed by atoms with Gasteiger partial charge < -0.3 is 20.1 Å². The van der Waals surface area contributed by atoms with Crippen LogP contribution in [0.25, 0.3) is 0 Å². The predicted molar refractivity (Wildman–Crippen MR) is 111 cm³/mol. The molecular formula is C22H25ClN2O4. The fraction of sp³-hybridized carbons (Fsp3) is 0.364. The largest absolute Gasteiger partial charge is 0.493 e. The van der Waals surface area contributed by atoms with Crippen molar-refractivity contribution in [1.82, 2.24) is 4.90 Å². The van der Waals surface area contributed by atoms with Crippen LogP contribution in [0.5, 0.6) is 11.5 Å². The van der Waals surface area contributed by atoms with E-state index in [0.717, 1.165) is 18.6 Å². The van der Waals surface area contributed by atoms with Crippen molar-refractivity contribution in [3.05, 3.63) is 59.6 Å². The molecule has 0 aromatic heterocycles. The van der Waals surface area contributed by atoms with Gasteiger partial charge in [-0.05, 0) is 49.2 Å². The third-order valence-electron chi connectivity index (χ3n) is 5.03. The van der Waals surface area contributed by atoms with Gasteiger partial charge in [-0.15, -0.1) is 0 Å². The zero-order valence-corrected chi connectivity index (χ0v) is 16.9. The van der Waals surface area contributed by atoms with Crippen molar-refractivity contribution < 1.29 is 19.1 Å². The molecule has 0 aliphatic carbocycles. The summed E-state index contributed by atoms with van der Waals surface area (Å²) in [7, 11) is 0. The first-order valence-electron chi connectivity index (χ1n) is 9.58. The molecule has 1 unspecified atom stereocenters. The van der Waals surface area contributed by atoms with Crippen LogP contribution in [0.2, 0.25) is 5.02 Å². The summed E-state index contributed by atoms with van der Waals surface area (Å²) >= 11 is 5.86. The van der Waals surface area contributed by atoms with E-state index in [2.05, 4.69) is 0 Å². The highest BCUT2D eigenvalue weighted by Crippen LogP contribution is 2.34. The van der Waals surface area contributed by atoms with Gasteiger partial charge in [-0.25, -0.2) is 0 Å². The first-order chi connectivity index (χ1) is 14.0. The number of benzene rings is 2. The molecule has 0 bridgehead atoms. The molecule has 154 valence electrons. The molecule has 1 aliphatic rings. The van der Waals surface area contributed by atoms with E-state index < -0.39 is 11.3 Å². The monoisotopic (exact) mass is 416 g/mol. The van der Waals surface area contributed by atoms with Gasteiger partial charge in [-0.3, -0.25) is 9.59 Å². The Hall–Kier alpha value is -2.73. The molecule has 1 atom stereocenters. The molecule has 2 aromatic rings. The van der Waals surface area contributed by atoms with Crippen LogP contribution >= 0.6 is 11.6 Å². The minimum atomic E-state index is -0.504. The Morgan fingerprint density at radius 1 is 1.03 bits per heavy atom. The zero-order valence-electron chi connectivity index (χ0n) is 16.2. The molecule has 29 heavy (non-hydrogen) atoms. The molecule has 0 saturated carbocycles. The first-order valence-corrected chi connectivity index (χ1v) is 9.96. The maximum atomic E-state index is 12.7. The molecule has 1 saturated heterocycles. The lowest BCUT2D eigenvalue weighted by Gasteiger charge is -2.42. The Bertz CT molecular complexity index is 828. The highest BCUT2D eigenvalue weighted by Gasteiger charge is 2.39. The number of ether oxygens (including phenoxy) is 2. The van der Waals surface area contributed by atoms with Crippen LogP contribution in [0.15, 0.2) is 54.6 Å². The first kappa shape index (κ1) is 21.0. The number of nitrogens with two attached hydrogens (primary N) is 1. The molecule has 6 nitrogen and oxygen atoms in total. The quantitative estimate of drug-likeness (QED) is 0.715. The number of hydrogen-bond donors (Lipinski definition) is 1. The molecule has 1 heterocycles. The number of carbonyl (C=O) groups is 2.